The maximum absolute atomic E-state index is 11.1. The molecule has 0 aliphatic carbocycles. The van der Waals surface area contributed by atoms with Crippen LogP contribution in [-0.2, 0) is 11.2 Å². The third-order valence-electron chi connectivity index (χ3n) is 3.83. The monoisotopic (exact) mass is 302 g/mol. The van der Waals surface area contributed by atoms with Crippen LogP contribution in [-0.4, -0.2) is 58.4 Å². The number of carbonyl (C=O) groups is 1. The van der Waals surface area contributed by atoms with Crippen molar-refractivity contribution in [1.29, 1.82) is 5.41 Å². The van der Waals surface area contributed by atoms with E-state index in [2.05, 4.69) is 9.97 Å². The molecule has 0 spiro atoms. The van der Waals surface area contributed by atoms with Crippen molar-refractivity contribution in [2.75, 3.05) is 26.3 Å². The second-order valence-corrected chi connectivity index (χ2v) is 5.24. The number of phenols is 1. The third-order valence-corrected chi connectivity index (χ3v) is 3.83. The standard InChI is InChI=1S/C15H18N4O3/c16-13(19-5-7-22-8-6-19)3-4-14-17-11-1-2-12(21)10(9-20)15(11)18-14/h1-2,9,16,21H,3-8H2,(H,17,18). The summed E-state index contributed by atoms with van der Waals surface area (Å²) in [4.78, 5) is 20.6. The van der Waals surface area contributed by atoms with Gasteiger partial charge in [-0.3, -0.25) is 10.2 Å². The van der Waals surface area contributed by atoms with Crippen LogP contribution in [0.5, 0.6) is 5.75 Å². The third kappa shape index (κ3) is 2.80. The fraction of sp³-hybridized carbons (Fsp3) is 0.400. The smallest absolute Gasteiger partial charge is 0.156 e. The van der Waals surface area contributed by atoms with Gasteiger partial charge in [0.05, 0.1) is 30.1 Å². The summed E-state index contributed by atoms with van der Waals surface area (Å²) in [6.07, 6.45) is 1.77. The Morgan fingerprint density at radius 2 is 2.23 bits per heavy atom. The zero-order valence-corrected chi connectivity index (χ0v) is 12.1. The van der Waals surface area contributed by atoms with Gasteiger partial charge in [0, 0.05) is 25.9 Å². The molecule has 1 aliphatic heterocycles. The average molecular weight is 302 g/mol. The molecular weight excluding hydrogens is 284 g/mol. The average Bonchev–Trinajstić information content (AvgIpc) is 2.96. The molecule has 7 heteroatoms. The first kappa shape index (κ1) is 14.5. The molecule has 1 aromatic heterocycles. The lowest BCUT2D eigenvalue weighted by molar-refractivity contribution is 0.0668. The van der Waals surface area contributed by atoms with Gasteiger partial charge in [-0.2, -0.15) is 0 Å². The summed E-state index contributed by atoms with van der Waals surface area (Å²) >= 11 is 0. The van der Waals surface area contributed by atoms with Gasteiger partial charge >= 0.3 is 0 Å². The second-order valence-electron chi connectivity index (χ2n) is 5.24. The molecular formula is C15H18N4O3. The summed E-state index contributed by atoms with van der Waals surface area (Å²) in [5, 5.41) is 17.8. The number of imidazole rings is 1. The quantitative estimate of drug-likeness (QED) is 0.449. The van der Waals surface area contributed by atoms with Crippen LogP contribution < -0.4 is 0 Å². The maximum atomic E-state index is 11.1. The number of amidine groups is 1. The Morgan fingerprint density at radius 1 is 1.45 bits per heavy atom. The molecule has 116 valence electrons. The molecule has 3 rings (SSSR count). The first-order valence-corrected chi connectivity index (χ1v) is 7.25. The van der Waals surface area contributed by atoms with Crippen molar-refractivity contribution >= 4 is 23.2 Å². The topological polar surface area (TPSA) is 102 Å². The molecule has 0 bridgehead atoms. The van der Waals surface area contributed by atoms with Crippen LogP contribution >= 0.6 is 0 Å². The summed E-state index contributed by atoms with van der Waals surface area (Å²) in [5.41, 5.74) is 1.39. The Balaban J connectivity index is 1.71. The molecule has 1 fully saturated rings. The summed E-state index contributed by atoms with van der Waals surface area (Å²) in [6, 6.07) is 3.17. The largest absolute Gasteiger partial charge is 0.507 e. The molecule has 22 heavy (non-hydrogen) atoms. The fourth-order valence-electron chi connectivity index (χ4n) is 2.60. The maximum Gasteiger partial charge on any atom is 0.156 e. The number of aromatic amines is 1. The van der Waals surface area contributed by atoms with E-state index in [4.69, 9.17) is 10.1 Å². The van der Waals surface area contributed by atoms with E-state index >= 15 is 0 Å². The number of aryl methyl sites for hydroxylation is 1. The molecule has 1 saturated heterocycles. The lowest BCUT2D eigenvalue weighted by Crippen LogP contribution is -2.40. The summed E-state index contributed by atoms with van der Waals surface area (Å²) in [5.74, 6) is 1.21. The van der Waals surface area contributed by atoms with Crippen molar-refractivity contribution in [2.24, 2.45) is 0 Å². The first-order chi connectivity index (χ1) is 10.7. The predicted octanol–water partition coefficient (Wildman–Crippen LogP) is 1.32. The van der Waals surface area contributed by atoms with Gasteiger partial charge in [-0.25, -0.2) is 4.98 Å². The highest BCUT2D eigenvalue weighted by Crippen LogP contribution is 2.24. The number of ether oxygens (including phenoxy) is 1. The van der Waals surface area contributed by atoms with Crippen LogP contribution in [0.15, 0.2) is 12.1 Å². The van der Waals surface area contributed by atoms with Gasteiger partial charge in [-0.05, 0) is 12.1 Å². The summed E-state index contributed by atoms with van der Waals surface area (Å²) in [7, 11) is 0. The number of benzene rings is 1. The minimum atomic E-state index is -0.0680. The van der Waals surface area contributed by atoms with Crippen molar-refractivity contribution in [3.63, 3.8) is 0 Å². The Labute approximate surface area is 127 Å². The minimum Gasteiger partial charge on any atom is -0.507 e. The van der Waals surface area contributed by atoms with Crippen molar-refractivity contribution in [3.8, 4) is 5.75 Å². The molecule has 1 aromatic carbocycles. The number of phenolic OH excluding ortho intramolecular Hbond substituents is 1. The molecule has 0 amide bonds. The number of aldehydes is 1. The van der Waals surface area contributed by atoms with E-state index in [1.807, 2.05) is 4.90 Å². The van der Waals surface area contributed by atoms with E-state index in [0.717, 1.165) is 13.1 Å². The van der Waals surface area contributed by atoms with E-state index in [9.17, 15) is 9.90 Å². The SMILES string of the molecule is N=C(CCc1nc2c(C=O)c(O)ccc2[nH]1)N1CCOCC1. The molecule has 0 saturated carbocycles. The molecule has 0 radical (unpaired) electrons. The predicted molar refractivity (Wildman–Crippen MR) is 81.6 cm³/mol. The highest BCUT2D eigenvalue weighted by atomic mass is 16.5. The fourth-order valence-corrected chi connectivity index (χ4v) is 2.60. The van der Waals surface area contributed by atoms with Crippen LogP contribution in [0.3, 0.4) is 0 Å². The van der Waals surface area contributed by atoms with E-state index in [1.165, 1.54) is 6.07 Å². The molecule has 1 aliphatic rings. The van der Waals surface area contributed by atoms with E-state index in [0.29, 0.717) is 55.0 Å². The number of morpholine rings is 1. The minimum absolute atomic E-state index is 0.0680. The normalized spacial score (nSPS) is 15.2. The number of H-pyrrole nitrogens is 1. The van der Waals surface area contributed by atoms with Gasteiger partial charge in [-0.15, -0.1) is 0 Å². The highest BCUT2D eigenvalue weighted by Gasteiger charge is 2.15. The second kappa shape index (κ2) is 6.15. The lowest BCUT2D eigenvalue weighted by atomic mass is 10.2. The van der Waals surface area contributed by atoms with Crippen molar-refractivity contribution in [3.05, 3.63) is 23.5 Å². The number of hydrogen-bond acceptors (Lipinski definition) is 5. The van der Waals surface area contributed by atoms with Crippen LogP contribution in [0.25, 0.3) is 11.0 Å². The lowest BCUT2D eigenvalue weighted by Gasteiger charge is -2.28. The number of carbonyl (C=O) groups excluding carboxylic acids is 1. The molecule has 2 heterocycles. The number of fused-ring (bicyclic) bond motifs is 1. The Bertz CT molecular complexity index is 704. The van der Waals surface area contributed by atoms with Crippen LogP contribution in [0.1, 0.15) is 22.6 Å². The molecule has 0 atom stereocenters. The molecule has 0 unspecified atom stereocenters. The van der Waals surface area contributed by atoms with Gasteiger partial charge in [-0.1, -0.05) is 0 Å². The van der Waals surface area contributed by atoms with Gasteiger partial charge in [0.15, 0.2) is 6.29 Å². The van der Waals surface area contributed by atoms with E-state index in [1.54, 1.807) is 6.07 Å². The van der Waals surface area contributed by atoms with E-state index in [-0.39, 0.29) is 11.3 Å². The van der Waals surface area contributed by atoms with E-state index < -0.39 is 0 Å². The highest BCUT2D eigenvalue weighted by molar-refractivity contribution is 5.97. The summed E-state index contributed by atoms with van der Waals surface area (Å²) in [6.45, 7) is 2.83. The van der Waals surface area contributed by atoms with Gasteiger partial charge < -0.3 is 19.7 Å². The number of nitrogens with zero attached hydrogens (tertiary/aromatic N) is 2. The number of hydrogen-bond donors (Lipinski definition) is 3. The number of nitrogens with one attached hydrogen (secondary N) is 2. The Hall–Kier alpha value is -2.41. The zero-order chi connectivity index (χ0) is 15.5. The molecule has 2 aromatic rings. The Kier molecular flexibility index (Phi) is 4.06. The summed E-state index contributed by atoms with van der Waals surface area (Å²) < 4.78 is 5.28. The molecule has 7 nitrogen and oxygen atoms in total. The zero-order valence-electron chi connectivity index (χ0n) is 12.1. The number of aromatic hydroxyl groups is 1. The number of rotatable bonds is 4. The van der Waals surface area contributed by atoms with Crippen LogP contribution in [0.2, 0.25) is 0 Å². The van der Waals surface area contributed by atoms with Crippen molar-refractivity contribution in [2.45, 2.75) is 12.8 Å². The molecule has 3 N–H and O–H groups in total. The Morgan fingerprint density at radius 3 is 2.95 bits per heavy atom. The van der Waals surface area contributed by atoms with Crippen LogP contribution in [0, 0.1) is 5.41 Å². The van der Waals surface area contributed by atoms with Gasteiger partial charge in [0.25, 0.3) is 0 Å². The van der Waals surface area contributed by atoms with Crippen molar-refractivity contribution in [1.82, 2.24) is 14.9 Å². The van der Waals surface area contributed by atoms with Gasteiger partial charge in [0.2, 0.25) is 0 Å². The van der Waals surface area contributed by atoms with Crippen molar-refractivity contribution < 1.29 is 14.6 Å². The first-order valence-electron chi connectivity index (χ1n) is 7.25. The van der Waals surface area contributed by atoms with Gasteiger partial charge in [0.1, 0.15) is 17.1 Å². The van der Waals surface area contributed by atoms with Crippen LogP contribution in [0.4, 0.5) is 0 Å². The number of aromatic nitrogens is 2.